The van der Waals surface area contributed by atoms with Crippen molar-refractivity contribution in [3.8, 4) is 5.82 Å². The van der Waals surface area contributed by atoms with E-state index in [-0.39, 0.29) is 18.0 Å². The maximum atomic E-state index is 12.1. The Morgan fingerprint density at radius 3 is 2.83 bits per heavy atom. The Bertz CT molecular complexity index is 931. The number of hydrogen-bond acceptors (Lipinski definition) is 6. The smallest absolute Gasteiger partial charge is 0.256 e. The van der Waals surface area contributed by atoms with Crippen LogP contribution in [0.4, 0.5) is 5.82 Å². The summed E-state index contributed by atoms with van der Waals surface area (Å²) in [5.41, 5.74) is 0.933. The molecule has 3 rings (SSSR count). The third-order valence-electron chi connectivity index (χ3n) is 3.49. The number of carbonyl (C=O) groups is 1. The molecule has 0 saturated carbocycles. The van der Waals surface area contributed by atoms with E-state index in [9.17, 15) is 9.59 Å². The zero-order chi connectivity index (χ0) is 17.1. The Labute approximate surface area is 137 Å². The first-order valence-corrected chi connectivity index (χ1v) is 7.19. The Hall–Kier alpha value is -3.36. The van der Waals surface area contributed by atoms with E-state index in [0.29, 0.717) is 22.9 Å². The maximum absolute atomic E-state index is 12.1. The van der Waals surface area contributed by atoms with Gasteiger partial charge in [-0.3, -0.25) is 14.2 Å². The SMILES string of the molecule is Cc1ncn(CC(=O)Nc2cc(-n3cccn3)ncn2)c(=O)c1C. The molecule has 3 aromatic heterocycles. The summed E-state index contributed by atoms with van der Waals surface area (Å²) in [6.45, 7) is 3.28. The molecule has 0 aliphatic heterocycles. The largest absolute Gasteiger partial charge is 0.309 e. The minimum Gasteiger partial charge on any atom is -0.309 e. The van der Waals surface area contributed by atoms with E-state index in [1.165, 1.54) is 17.2 Å². The fourth-order valence-electron chi connectivity index (χ4n) is 2.07. The van der Waals surface area contributed by atoms with Crippen molar-refractivity contribution < 1.29 is 4.79 Å². The van der Waals surface area contributed by atoms with E-state index >= 15 is 0 Å². The average molecular weight is 325 g/mol. The fourth-order valence-corrected chi connectivity index (χ4v) is 2.07. The molecular weight excluding hydrogens is 310 g/mol. The van der Waals surface area contributed by atoms with Crippen molar-refractivity contribution in [1.82, 2.24) is 29.3 Å². The molecule has 0 aromatic carbocycles. The van der Waals surface area contributed by atoms with E-state index in [0.717, 1.165) is 0 Å². The minimum absolute atomic E-state index is 0.145. The topological polar surface area (TPSA) is 108 Å². The highest BCUT2D eigenvalue weighted by atomic mass is 16.2. The quantitative estimate of drug-likeness (QED) is 0.747. The summed E-state index contributed by atoms with van der Waals surface area (Å²) < 4.78 is 2.81. The molecule has 9 nitrogen and oxygen atoms in total. The van der Waals surface area contributed by atoms with Crippen LogP contribution < -0.4 is 10.9 Å². The molecular formula is C15H15N7O2. The van der Waals surface area contributed by atoms with Gasteiger partial charge in [-0.2, -0.15) is 5.10 Å². The lowest BCUT2D eigenvalue weighted by atomic mass is 10.3. The molecule has 0 fully saturated rings. The van der Waals surface area contributed by atoms with E-state index in [4.69, 9.17) is 0 Å². The summed E-state index contributed by atoms with van der Waals surface area (Å²) >= 11 is 0. The summed E-state index contributed by atoms with van der Waals surface area (Å²) in [6.07, 6.45) is 6.05. The molecule has 0 radical (unpaired) electrons. The molecule has 0 aliphatic rings. The van der Waals surface area contributed by atoms with Crippen molar-refractivity contribution in [1.29, 1.82) is 0 Å². The van der Waals surface area contributed by atoms with Crippen LogP contribution >= 0.6 is 0 Å². The number of anilines is 1. The van der Waals surface area contributed by atoms with Crippen LogP contribution in [0, 0.1) is 13.8 Å². The summed E-state index contributed by atoms with van der Waals surface area (Å²) in [5.74, 6) is 0.466. The highest BCUT2D eigenvalue weighted by Crippen LogP contribution is 2.07. The third-order valence-corrected chi connectivity index (χ3v) is 3.49. The van der Waals surface area contributed by atoms with Gasteiger partial charge in [0.05, 0.1) is 6.33 Å². The second kappa shape index (κ2) is 6.41. The molecule has 0 atom stereocenters. The van der Waals surface area contributed by atoms with Crippen molar-refractivity contribution in [2.45, 2.75) is 20.4 Å². The van der Waals surface area contributed by atoms with Crippen LogP contribution in [0.3, 0.4) is 0 Å². The van der Waals surface area contributed by atoms with Crippen molar-refractivity contribution in [3.63, 3.8) is 0 Å². The average Bonchev–Trinajstić information content (AvgIpc) is 3.10. The van der Waals surface area contributed by atoms with Crippen LogP contribution in [0.15, 0.2) is 42.0 Å². The third kappa shape index (κ3) is 3.19. The van der Waals surface area contributed by atoms with Crippen molar-refractivity contribution >= 4 is 11.7 Å². The molecule has 3 heterocycles. The number of hydrogen-bond donors (Lipinski definition) is 1. The zero-order valence-electron chi connectivity index (χ0n) is 13.2. The van der Waals surface area contributed by atoms with Crippen molar-refractivity contribution in [3.05, 3.63) is 58.8 Å². The first-order chi connectivity index (χ1) is 11.5. The highest BCUT2D eigenvalue weighted by molar-refractivity contribution is 5.89. The Morgan fingerprint density at radius 1 is 1.25 bits per heavy atom. The molecule has 0 bridgehead atoms. The number of carbonyl (C=O) groups excluding carboxylic acids is 1. The molecule has 3 aromatic rings. The molecule has 0 aliphatic carbocycles. The van der Waals surface area contributed by atoms with Crippen LogP contribution in [-0.2, 0) is 11.3 Å². The van der Waals surface area contributed by atoms with E-state index in [2.05, 4.69) is 25.4 Å². The number of nitrogens with zero attached hydrogens (tertiary/aromatic N) is 6. The maximum Gasteiger partial charge on any atom is 0.256 e. The highest BCUT2D eigenvalue weighted by Gasteiger charge is 2.10. The first kappa shape index (κ1) is 15.5. The van der Waals surface area contributed by atoms with Crippen LogP contribution in [-0.4, -0.2) is 35.2 Å². The summed E-state index contributed by atoms with van der Waals surface area (Å²) in [4.78, 5) is 36.4. The summed E-state index contributed by atoms with van der Waals surface area (Å²) in [5, 5.41) is 6.70. The standard InChI is InChI=1S/C15H15N7O2/c1-10-11(2)18-9-21(15(10)24)7-14(23)20-12-6-13(17-8-16-12)22-5-3-4-19-22/h3-6,8-9H,7H2,1-2H3,(H,16,17,20,23). The Kier molecular flexibility index (Phi) is 4.15. The van der Waals surface area contributed by atoms with Crippen LogP contribution in [0.25, 0.3) is 5.82 Å². The second-order valence-electron chi connectivity index (χ2n) is 5.15. The molecule has 122 valence electrons. The van der Waals surface area contributed by atoms with Gasteiger partial charge in [-0.15, -0.1) is 0 Å². The lowest BCUT2D eigenvalue weighted by Gasteiger charge is -2.09. The molecule has 0 spiro atoms. The zero-order valence-corrected chi connectivity index (χ0v) is 13.2. The summed E-state index contributed by atoms with van der Waals surface area (Å²) in [7, 11) is 0. The number of nitrogens with one attached hydrogen (secondary N) is 1. The van der Waals surface area contributed by atoms with Crippen molar-refractivity contribution in [2.24, 2.45) is 0 Å². The van der Waals surface area contributed by atoms with E-state index < -0.39 is 0 Å². The monoisotopic (exact) mass is 325 g/mol. The van der Waals surface area contributed by atoms with Gasteiger partial charge in [-0.05, 0) is 19.9 Å². The van der Waals surface area contributed by atoms with Gasteiger partial charge in [0.25, 0.3) is 5.56 Å². The number of amides is 1. The number of aromatic nitrogens is 6. The van der Waals surface area contributed by atoms with Crippen LogP contribution in [0.1, 0.15) is 11.3 Å². The molecule has 9 heteroatoms. The Balaban J connectivity index is 1.75. The van der Waals surface area contributed by atoms with Gasteiger partial charge in [0.15, 0.2) is 5.82 Å². The molecule has 0 saturated heterocycles. The van der Waals surface area contributed by atoms with Gasteiger partial charge in [0.1, 0.15) is 18.7 Å². The normalized spacial score (nSPS) is 10.6. The Morgan fingerprint density at radius 2 is 2.08 bits per heavy atom. The van der Waals surface area contributed by atoms with E-state index in [1.807, 2.05) is 0 Å². The molecule has 24 heavy (non-hydrogen) atoms. The van der Waals surface area contributed by atoms with Crippen LogP contribution in [0.2, 0.25) is 0 Å². The molecule has 1 N–H and O–H groups in total. The van der Waals surface area contributed by atoms with Gasteiger partial charge < -0.3 is 5.32 Å². The molecule has 0 unspecified atom stereocenters. The van der Waals surface area contributed by atoms with E-state index in [1.54, 1.807) is 43.1 Å². The lowest BCUT2D eigenvalue weighted by molar-refractivity contribution is -0.116. The fraction of sp³-hybridized carbons (Fsp3) is 0.200. The molecule has 1 amide bonds. The van der Waals surface area contributed by atoms with Gasteiger partial charge in [0, 0.05) is 29.7 Å². The summed E-state index contributed by atoms with van der Waals surface area (Å²) in [6, 6.07) is 3.35. The van der Waals surface area contributed by atoms with Crippen LogP contribution in [0.5, 0.6) is 0 Å². The van der Waals surface area contributed by atoms with Crippen molar-refractivity contribution in [2.75, 3.05) is 5.32 Å². The number of rotatable bonds is 4. The lowest BCUT2D eigenvalue weighted by Crippen LogP contribution is -2.30. The predicted molar refractivity (Wildman–Crippen MR) is 85.8 cm³/mol. The van der Waals surface area contributed by atoms with Gasteiger partial charge in [0.2, 0.25) is 5.91 Å². The minimum atomic E-state index is -0.382. The van der Waals surface area contributed by atoms with Gasteiger partial charge in [-0.25, -0.2) is 19.6 Å². The number of aryl methyl sites for hydroxylation is 1. The predicted octanol–water partition coefficient (Wildman–Crippen LogP) is 0.475. The second-order valence-corrected chi connectivity index (χ2v) is 5.15. The first-order valence-electron chi connectivity index (χ1n) is 7.19. The van der Waals surface area contributed by atoms with Gasteiger partial charge in [-0.1, -0.05) is 0 Å². The van der Waals surface area contributed by atoms with Gasteiger partial charge >= 0.3 is 0 Å².